The molecule has 0 saturated heterocycles. The van der Waals surface area contributed by atoms with Crippen molar-refractivity contribution >= 4 is 16.5 Å². The number of rotatable bonds is 3. The third-order valence-corrected chi connectivity index (χ3v) is 5.36. The third kappa shape index (κ3) is 3.05. The lowest BCUT2D eigenvalue weighted by atomic mass is 10.2. The first kappa shape index (κ1) is 13.4. The number of benzene rings is 1. The predicted molar refractivity (Wildman–Crippen MR) is 75.3 cm³/mol. The number of nitrogens with two attached hydrogens (primary N) is 1. The van der Waals surface area contributed by atoms with E-state index in [2.05, 4.69) is 0 Å². The highest BCUT2D eigenvalue weighted by Gasteiger charge is 2.22. The molecule has 3 nitrogen and oxygen atoms in total. The number of anilines is 1. The van der Waals surface area contributed by atoms with E-state index >= 15 is 0 Å². The second kappa shape index (κ2) is 6.23. The van der Waals surface area contributed by atoms with Crippen molar-refractivity contribution in [2.24, 2.45) is 0 Å². The van der Waals surface area contributed by atoms with Gasteiger partial charge in [-0.25, -0.2) is 0 Å². The number of ether oxygens (including phenoxy) is 1. The molecule has 1 fully saturated rings. The summed E-state index contributed by atoms with van der Waals surface area (Å²) in [4.78, 5) is 0.790. The number of methoxy groups -OCH3 is 1. The molecule has 0 radical (unpaired) electrons. The van der Waals surface area contributed by atoms with Crippen LogP contribution in [0.4, 0.5) is 5.69 Å². The predicted octanol–water partition coefficient (Wildman–Crippen LogP) is 3.11. The molecule has 1 aliphatic rings. The molecule has 0 amide bonds. The Morgan fingerprint density at radius 3 is 2.50 bits per heavy atom. The van der Waals surface area contributed by atoms with Gasteiger partial charge in [-0.1, -0.05) is 25.7 Å². The van der Waals surface area contributed by atoms with E-state index in [1.165, 1.54) is 25.7 Å². The van der Waals surface area contributed by atoms with Crippen molar-refractivity contribution in [2.75, 3.05) is 12.8 Å². The average Bonchev–Trinajstić information content (AvgIpc) is 2.66. The molecule has 0 aliphatic heterocycles. The first-order chi connectivity index (χ1) is 8.72. The largest absolute Gasteiger partial charge is 0.495 e. The summed E-state index contributed by atoms with van der Waals surface area (Å²) in [6.45, 7) is 0. The summed E-state index contributed by atoms with van der Waals surface area (Å²) in [5.74, 6) is 0.651. The minimum absolute atomic E-state index is 0.269. The van der Waals surface area contributed by atoms with Crippen molar-refractivity contribution < 1.29 is 8.95 Å². The molecule has 1 aromatic carbocycles. The molecular formula is C14H21NO2S. The van der Waals surface area contributed by atoms with E-state index in [4.69, 9.17) is 10.5 Å². The smallest absolute Gasteiger partial charge is 0.137 e. The van der Waals surface area contributed by atoms with Gasteiger partial charge in [0.15, 0.2) is 0 Å². The molecular weight excluding hydrogens is 246 g/mol. The highest BCUT2D eigenvalue weighted by molar-refractivity contribution is 7.85. The SMILES string of the molecule is COc1cc(N)ccc1S(=O)C1CCCCCC1. The van der Waals surface area contributed by atoms with Crippen molar-refractivity contribution in [3.8, 4) is 5.75 Å². The zero-order valence-electron chi connectivity index (χ0n) is 10.9. The Balaban J connectivity index is 2.21. The molecule has 4 heteroatoms. The quantitative estimate of drug-likeness (QED) is 0.676. The lowest BCUT2D eigenvalue weighted by molar-refractivity contribution is 0.404. The van der Waals surface area contributed by atoms with Crippen LogP contribution in [0.5, 0.6) is 5.75 Å². The molecule has 0 spiro atoms. The summed E-state index contributed by atoms with van der Waals surface area (Å²) < 4.78 is 17.9. The lowest BCUT2D eigenvalue weighted by Crippen LogP contribution is -2.15. The molecule has 1 saturated carbocycles. The Morgan fingerprint density at radius 2 is 1.89 bits per heavy atom. The standard InChI is InChI=1S/C14H21NO2S/c1-17-13-10-11(15)8-9-14(13)18(16)12-6-4-2-3-5-7-12/h8-10,12H,2-7,15H2,1H3. The number of hydrogen-bond acceptors (Lipinski definition) is 3. The first-order valence-corrected chi connectivity index (χ1v) is 7.78. The van der Waals surface area contributed by atoms with Gasteiger partial charge >= 0.3 is 0 Å². The Bertz CT molecular complexity index is 426. The maximum atomic E-state index is 12.6. The Labute approximate surface area is 111 Å². The van der Waals surface area contributed by atoms with Gasteiger partial charge in [-0.15, -0.1) is 0 Å². The Morgan fingerprint density at radius 1 is 1.22 bits per heavy atom. The van der Waals surface area contributed by atoms with Crippen LogP contribution >= 0.6 is 0 Å². The molecule has 1 aliphatic carbocycles. The van der Waals surface area contributed by atoms with Crippen LogP contribution in [-0.4, -0.2) is 16.6 Å². The zero-order chi connectivity index (χ0) is 13.0. The molecule has 2 N–H and O–H groups in total. The summed E-state index contributed by atoms with van der Waals surface area (Å²) >= 11 is 0. The van der Waals surface area contributed by atoms with Crippen LogP contribution in [0.3, 0.4) is 0 Å². The average molecular weight is 267 g/mol. The molecule has 2 rings (SSSR count). The van der Waals surface area contributed by atoms with Crippen LogP contribution in [-0.2, 0) is 10.8 Å². The Kier molecular flexibility index (Phi) is 4.64. The van der Waals surface area contributed by atoms with Crippen molar-refractivity contribution in [1.29, 1.82) is 0 Å². The minimum Gasteiger partial charge on any atom is -0.495 e. The molecule has 18 heavy (non-hydrogen) atoms. The van der Waals surface area contributed by atoms with Crippen molar-refractivity contribution in [3.05, 3.63) is 18.2 Å². The molecule has 0 bridgehead atoms. The second-order valence-corrected chi connectivity index (χ2v) is 6.52. The summed E-state index contributed by atoms with van der Waals surface area (Å²) in [5, 5.41) is 0.269. The van der Waals surface area contributed by atoms with Crippen LogP contribution in [0.25, 0.3) is 0 Å². The van der Waals surface area contributed by atoms with Gasteiger partial charge in [-0.3, -0.25) is 4.21 Å². The fraction of sp³-hybridized carbons (Fsp3) is 0.571. The van der Waals surface area contributed by atoms with E-state index in [1.54, 1.807) is 19.2 Å². The van der Waals surface area contributed by atoms with Crippen LogP contribution < -0.4 is 10.5 Å². The number of hydrogen-bond donors (Lipinski definition) is 1. The minimum atomic E-state index is -0.981. The van der Waals surface area contributed by atoms with Crippen molar-refractivity contribution in [3.63, 3.8) is 0 Å². The molecule has 0 aromatic heterocycles. The van der Waals surface area contributed by atoms with Crippen LogP contribution in [0, 0.1) is 0 Å². The first-order valence-electron chi connectivity index (χ1n) is 6.56. The van der Waals surface area contributed by atoms with Crippen molar-refractivity contribution in [2.45, 2.75) is 48.7 Å². The maximum Gasteiger partial charge on any atom is 0.137 e. The Hall–Kier alpha value is -1.03. The highest BCUT2D eigenvalue weighted by atomic mass is 32.2. The van der Waals surface area contributed by atoms with Gasteiger partial charge in [-0.2, -0.15) is 0 Å². The van der Waals surface area contributed by atoms with E-state index in [9.17, 15) is 4.21 Å². The van der Waals surface area contributed by atoms with E-state index in [1.807, 2.05) is 6.07 Å². The van der Waals surface area contributed by atoms with Crippen LogP contribution in [0.15, 0.2) is 23.1 Å². The van der Waals surface area contributed by atoms with Gasteiger partial charge in [-0.05, 0) is 25.0 Å². The summed E-state index contributed by atoms with van der Waals surface area (Å²) in [6.07, 6.45) is 7.03. The topological polar surface area (TPSA) is 52.3 Å². The molecule has 1 atom stereocenters. The molecule has 0 heterocycles. The van der Waals surface area contributed by atoms with Gasteiger partial charge in [0.1, 0.15) is 5.75 Å². The van der Waals surface area contributed by atoms with Crippen molar-refractivity contribution in [1.82, 2.24) is 0 Å². The maximum absolute atomic E-state index is 12.6. The molecule has 1 aromatic rings. The van der Waals surface area contributed by atoms with E-state index in [0.29, 0.717) is 11.4 Å². The van der Waals surface area contributed by atoms with Gasteiger partial charge in [0, 0.05) is 17.0 Å². The van der Waals surface area contributed by atoms with Gasteiger partial charge in [0.25, 0.3) is 0 Å². The van der Waals surface area contributed by atoms with E-state index in [0.717, 1.165) is 17.7 Å². The fourth-order valence-corrected chi connectivity index (χ4v) is 4.15. The van der Waals surface area contributed by atoms with E-state index < -0.39 is 10.8 Å². The van der Waals surface area contributed by atoms with Gasteiger partial charge in [0.05, 0.1) is 22.8 Å². The monoisotopic (exact) mass is 267 g/mol. The fourth-order valence-electron chi connectivity index (χ4n) is 2.49. The van der Waals surface area contributed by atoms with Crippen LogP contribution in [0.1, 0.15) is 38.5 Å². The zero-order valence-corrected chi connectivity index (χ0v) is 11.7. The highest BCUT2D eigenvalue weighted by Crippen LogP contribution is 2.31. The number of nitrogen functional groups attached to an aromatic ring is 1. The van der Waals surface area contributed by atoms with Gasteiger partial charge in [0.2, 0.25) is 0 Å². The summed E-state index contributed by atoms with van der Waals surface area (Å²) in [7, 11) is 0.619. The lowest BCUT2D eigenvalue weighted by Gasteiger charge is -2.16. The summed E-state index contributed by atoms with van der Waals surface area (Å²) in [5.41, 5.74) is 6.37. The second-order valence-electron chi connectivity index (χ2n) is 4.82. The van der Waals surface area contributed by atoms with Crippen LogP contribution in [0.2, 0.25) is 0 Å². The molecule has 1 unspecified atom stereocenters. The summed E-state index contributed by atoms with van der Waals surface area (Å²) in [6, 6.07) is 5.39. The normalized spacial score (nSPS) is 19.2. The van der Waals surface area contributed by atoms with Gasteiger partial charge < -0.3 is 10.5 Å². The van der Waals surface area contributed by atoms with E-state index in [-0.39, 0.29) is 5.25 Å². The molecule has 100 valence electrons. The third-order valence-electron chi connectivity index (χ3n) is 3.51.